The number of aryl methyl sites for hydroxylation is 1. The average Bonchev–Trinajstić information content (AvgIpc) is 3.08. The Hall–Kier alpha value is -0.480. The molecule has 3 rings (SSSR count). The zero-order valence-electron chi connectivity index (χ0n) is 16.0. The topological polar surface area (TPSA) is 57.5 Å². The molecular formula is C18H33IN6S. The number of hydrogen-bond acceptors (Lipinski definition) is 4. The molecule has 0 aromatic carbocycles. The molecule has 148 valence electrons. The Morgan fingerprint density at radius 2 is 1.96 bits per heavy atom. The van der Waals surface area contributed by atoms with Crippen LogP contribution >= 0.6 is 35.7 Å². The van der Waals surface area contributed by atoms with E-state index in [0.717, 1.165) is 24.7 Å². The van der Waals surface area contributed by atoms with Gasteiger partial charge in [-0.15, -0.1) is 24.0 Å². The lowest BCUT2D eigenvalue weighted by Gasteiger charge is -2.48. The highest BCUT2D eigenvalue weighted by Gasteiger charge is 2.38. The minimum atomic E-state index is 0. The van der Waals surface area contributed by atoms with Gasteiger partial charge in [0.25, 0.3) is 0 Å². The van der Waals surface area contributed by atoms with Crippen molar-refractivity contribution >= 4 is 41.7 Å². The minimum Gasteiger partial charge on any atom is -0.355 e. The van der Waals surface area contributed by atoms with Crippen molar-refractivity contribution in [2.24, 2.45) is 12.0 Å². The van der Waals surface area contributed by atoms with Gasteiger partial charge in [0.2, 0.25) is 0 Å². The van der Waals surface area contributed by atoms with Crippen molar-refractivity contribution in [1.82, 2.24) is 25.3 Å². The van der Waals surface area contributed by atoms with Crippen LogP contribution in [-0.4, -0.2) is 64.4 Å². The number of hydrogen-bond donors (Lipinski definition) is 2. The van der Waals surface area contributed by atoms with Gasteiger partial charge in [-0.1, -0.05) is 19.3 Å². The van der Waals surface area contributed by atoms with E-state index >= 15 is 0 Å². The number of nitrogens with zero attached hydrogens (tertiary/aromatic N) is 4. The monoisotopic (exact) mass is 492 g/mol. The molecule has 1 aromatic rings. The van der Waals surface area contributed by atoms with Crippen LogP contribution in [0.2, 0.25) is 0 Å². The molecule has 1 aliphatic carbocycles. The van der Waals surface area contributed by atoms with Gasteiger partial charge in [0.15, 0.2) is 5.96 Å². The molecule has 8 heteroatoms. The first kappa shape index (κ1) is 21.8. The summed E-state index contributed by atoms with van der Waals surface area (Å²) in [7, 11) is 3.82. The van der Waals surface area contributed by atoms with Crippen LogP contribution in [0, 0.1) is 0 Å². The van der Waals surface area contributed by atoms with E-state index in [-0.39, 0.29) is 24.0 Å². The fourth-order valence-electron chi connectivity index (χ4n) is 4.07. The van der Waals surface area contributed by atoms with Crippen LogP contribution in [-0.2, 0) is 13.6 Å². The summed E-state index contributed by atoms with van der Waals surface area (Å²) in [5.74, 6) is 3.43. The molecule has 0 atom stereocenters. The summed E-state index contributed by atoms with van der Waals surface area (Å²) < 4.78 is 1.90. The highest BCUT2D eigenvalue weighted by molar-refractivity contribution is 14.0. The summed E-state index contributed by atoms with van der Waals surface area (Å²) in [6.07, 6.45) is 8.54. The lowest BCUT2D eigenvalue weighted by atomic mass is 9.80. The molecule has 0 radical (unpaired) electrons. The van der Waals surface area contributed by atoms with Crippen molar-refractivity contribution in [2.75, 3.05) is 38.2 Å². The van der Waals surface area contributed by atoms with Crippen LogP contribution in [0.25, 0.3) is 0 Å². The predicted molar refractivity (Wildman–Crippen MR) is 122 cm³/mol. The Morgan fingerprint density at radius 1 is 1.23 bits per heavy atom. The standard InChI is InChI=1S/C18H32N6S.HI/c1-19-17(20-14-16-6-9-22-23(16)2)21-15-18(7-4-3-5-8-18)24-10-12-25-13-11-24;/h6,9H,3-5,7-8,10-15H2,1-2H3,(H2,19,20,21);1H. The zero-order chi connectivity index (χ0) is 17.5. The van der Waals surface area contributed by atoms with Gasteiger partial charge in [-0.2, -0.15) is 16.9 Å². The number of guanidine groups is 1. The van der Waals surface area contributed by atoms with E-state index in [1.807, 2.05) is 31.0 Å². The number of nitrogens with one attached hydrogen (secondary N) is 2. The SMILES string of the molecule is CN=C(NCc1ccnn1C)NCC1(N2CCSCC2)CCCCC1.I. The Balaban J connectivity index is 0.00000243. The Kier molecular flexibility index (Phi) is 9.02. The predicted octanol–water partition coefficient (Wildman–Crippen LogP) is 2.45. The van der Waals surface area contributed by atoms with Gasteiger partial charge >= 0.3 is 0 Å². The van der Waals surface area contributed by atoms with Crippen LogP contribution in [0.1, 0.15) is 37.8 Å². The van der Waals surface area contributed by atoms with E-state index < -0.39 is 0 Å². The van der Waals surface area contributed by atoms with Gasteiger partial charge in [0.1, 0.15) is 0 Å². The largest absolute Gasteiger partial charge is 0.355 e. The Labute approximate surface area is 179 Å². The second-order valence-corrected chi connectivity index (χ2v) is 8.33. The Bertz CT molecular complexity index is 564. The third-order valence-corrected chi connectivity index (χ3v) is 6.58. The highest BCUT2D eigenvalue weighted by atomic mass is 127. The molecule has 0 bridgehead atoms. The van der Waals surface area contributed by atoms with Crippen LogP contribution in [0.15, 0.2) is 17.3 Å². The van der Waals surface area contributed by atoms with Crippen molar-refractivity contribution in [3.05, 3.63) is 18.0 Å². The smallest absolute Gasteiger partial charge is 0.191 e. The van der Waals surface area contributed by atoms with Crippen molar-refractivity contribution in [1.29, 1.82) is 0 Å². The van der Waals surface area contributed by atoms with Gasteiger partial charge in [0, 0.05) is 57.0 Å². The third-order valence-electron chi connectivity index (χ3n) is 5.63. The molecule has 1 aromatic heterocycles. The molecule has 0 unspecified atom stereocenters. The van der Waals surface area contributed by atoms with E-state index in [0.29, 0.717) is 5.54 Å². The minimum absolute atomic E-state index is 0. The molecule has 1 saturated carbocycles. The lowest BCUT2D eigenvalue weighted by Crippen LogP contribution is -2.59. The third kappa shape index (κ3) is 5.51. The van der Waals surface area contributed by atoms with Crippen LogP contribution in [0.3, 0.4) is 0 Å². The molecule has 2 aliphatic rings. The molecular weight excluding hydrogens is 459 g/mol. The summed E-state index contributed by atoms with van der Waals surface area (Å²) in [6, 6.07) is 2.04. The average molecular weight is 492 g/mol. The van der Waals surface area contributed by atoms with E-state index in [1.165, 1.54) is 56.7 Å². The quantitative estimate of drug-likeness (QED) is 0.376. The normalized spacial score (nSPS) is 21.1. The second kappa shape index (κ2) is 10.8. The fourth-order valence-corrected chi connectivity index (χ4v) is 4.97. The van der Waals surface area contributed by atoms with Crippen LogP contribution < -0.4 is 10.6 Å². The summed E-state index contributed by atoms with van der Waals surface area (Å²) in [4.78, 5) is 7.17. The summed E-state index contributed by atoms with van der Waals surface area (Å²) >= 11 is 2.09. The molecule has 2 heterocycles. The van der Waals surface area contributed by atoms with Crippen molar-refractivity contribution in [3.8, 4) is 0 Å². The van der Waals surface area contributed by atoms with Gasteiger partial charge < -0.3 is 10.6 Å². The van der Waals surface area contributed by atoms with Crippen molar-refractivity contribution in [3.63, 3.8) is 0 Å². The van der Waals surface area contributed by atoms with E-state index in [4.69, 9.17) is 0 Å². The van der Waals surface area contributed by atoms with Crippen molar-refractivity contribution < 1.29 is 0 Å². The van der Waals surface area contributed by atoms with Gasteiger partial charge in [-0.3, -0.25) is 14.6 Å². The second-order valence-electron chi connectivity index (χ2n) is 7.11. The maximum atomic E-state index is 4.42. The Morgan fingerprint density at radius 3 is 2.58 bits per heavy atom. The fraction of sp³-hybridized carbons (Fsp3) is 0.778. The number of aromatic nitrogens is 2. The maximum Gasteiger partial charge on any atom is 0.191 e. The van der Waals surface area contributed by atoms with Crippen molar-refractivity contribution in [2.45, 2.75) is 44.2 Å². The maximum absolute atomic E-state index is 4.42. The molecule has 0 amide bonds. The molecule has 1 aliphatic heterocycles. The highest BCUT2D eigenvalue weighted by Crippen LogP contribution is 2.34. The van der Waals surface area contributed by atoms with Crippen LogP contribution in [0.4, 0.5) is 0 Å². The first-order valence-electron chi connectivity index (χ1n) is 9.48. The molecule has 1 saturated heterocycles. The first-order valence-corrected chi connectivity index (χ1v) is 10.6. The molecule has 0 spiro atoms. The van der Waals surface area contributed by atoms with E-state index in [2.05, 4.69) is 37.4 Å². The summed E-state index contributed by atoms with van der Waals surface area (Å²) in [6.45, 7) is 4.19. The molecule has 6 nitrogen and oxygen atoms in total. The van der Waals surface area contributed by atoms with Gasteiger partial charge in [0.05, 0.1) is 12.2 Å². The van der Waals surface area contributed by atoms with E-state index in [1.54, 1.807) is 0 Å². The number of thioether (sulfide) groups is 1. The number of aliphatic imine (C=N–C) groups is 1. The number of halogens is 1. The van der Waals surface area contributed by atoms with Gasteiger partial charge in [-0.25, -0.2) is 0 Å². The summed E-state index contributed by atoms with van der Waals surface area (Å²) in [5.41, 5.74) is 1.46. The molecule has 26 heavy (non-hydrogen) atoms. The molecule has 2 N–H and O–H groups in total. The summed E-state index contributed by atoms with van der Waals surface area (Å²) in [5, 5.41) is 11.3. The molecule has 2 fully saturated rings. The van der Waals surface area contributed by atoms with E-state index in [9.17, 15) is 0 Å². The van der Waals surface area contributed by atoms with Gasteiger partial charge in [-0.05, 0) is 18.9 Å². The number of rotatable bonds is 5. The lowest BCUT2D eigenvalue weighted by molar-refractivity contribution is 0.0626. The van der Waals surface area contributed by atoms with Crippen LogP contribution in [0.5, 0.6) is 0 Å². The first-order chi connectivity index (χ1) is 12.2. The zero-order valence-corrected chi connectivity index (χ0v) is 19.2.